The van der Waals surface area contributed by atoms with Gasteiger partial charge in [0.15, 0.2) is 37.2 Å². The van der Waals surface area contributed by atoms with Gasteiger partial charge >= 0.3 is 0 Å². The highest BCUT2D eigenvalue weighted by Gasteiger charge is 2.63. The summed E-state index contributed by atoms with van der Waals surface area (Å²) in [5, 5.41) is 12.1. The van der Waals surface area contributed by atoms with Crippen LogP contribution in [0, 0.1) is 0 Å². The molecule has 6 aliphatic heterocycles. The van der Waals surface area contributed by atoms with E-state index >= 15 is 0 Å². The number of ether oxygens (including phenoxy) is 15. The summed E-state index contributed by atoms with van der Waals surface area (Å²) in [6.45, 7) is 22.2. The fraction of sp³-hybridized carbons (Fsp3) is 0.565. The van der Waals surface area contributed by atoms with Gasteiger partial charge in [-0.3, -0.25) is 0 Å². The van der Waals surface area contributed by atoms with Crippen LogP contribution in [0.5, 0.6) is 0 Å². The van der Waals surface area contributed by atoms with Crippen molar-refractivity contribution >= 4 is 8.32 Å². The molecule has 0 radical (unpaired) electrons. The normalized spacial score (nSPS) is 34.2. The Morgan fingerprint density at radius 2 is 0.989 bits per heavy atom. The van der Waals surface area contributed by atoms with Gasteiger partial charge in [-0.05, 0) is 66.6 Å². The van der Waals surface area contributed by atoms with Crippen LogP contribution in [-0.2, 0) is 102 Å². The van der Waals surface area contributed by atoms with Gasteiger partial charge in [0.25, 0.3) is 0 Å². The first-order valence-electron chi connectivity index (χ1n) is 31.2. The van der Waals surface area contributed by atoms with Crippen LogP contribution in [0.3, 0.4) is 0 Å². The van der Waals surface area contributed by atoms with Crippen LogP contribution < -0.4 is 0 Å². The van der Waals surface area contributed by atoms with Gasteiger partial charge in [0.05, 0.1) is 58.5 Å². The van der Waals surface area contributed by atoms with Gasteiger partial charge in [0.1, 0.15) is 66.6 Å². The Balaban J connectivity index is 0.898. The van der Waals surface area contributed by atoms with Crippen LogP contribution in [0.25, 0.3) is 0 Å². The van der Waals surface area contributed by atoms with Crippen LogP contribution >= 0.6 is 0 Å². The molecule has 1 N–H and O–H groups in total. The van der Waals surface area contributed by atoms with Gasteiger partial charge in [0, 0.05) is 5.56 Å². The Labute approximate surface area is 514 Å². The number of aliphatic hydroxyl groups excluding tert-OH is 1. The van der Waals surface area contributed by atoms with E-state index < -0.39 is 124 Å². The molecule has 7 unspecified atom stereocenters. The molecule has 0 aliphatic carbocycles. The summed E-state index contributed by atoms with van der Waals surface area (Å²) in [6.07, 6.45) is -14.8. The van der Waals surface area contributed by atoms with E-state index in [4.69, 9.17) is 75.5 Å². The zero-order valence-electron chi connectivity index (χ0n) is 51.9. The predicted octanol–water partition coefficient (Wildman–Crippen LogP) is 11.2. The van der Waals surface area contributed by atoms with Crippen molar-refractivity contribution in [2.45, 2.75) is 228 Å². The number of hydrogen-bond donors (Lipinski definition) is 1. The largest absolute Gasteiger partial charge is 0.389 e. The molecule has 0 aromatic heterocycles. The van der Waals surface area contributed by atoms with E-state index in [1.165, 1.54) is 0 Å². The molecular formula is C69H90O17Si. The van der Waals surface area contributed by atoms with Crippen molar-refractivity contribution in [3.63, 3.8) is 0 Å². The van der Waals surface area contributed by atoms with E-state index in [1.54, 1.807) is 0 Å². The second-order valence-corrected chi connectivity index (χ2v) is 30.8. The third-order valence-corrected chi connectivity index (χ3v) is 23.9. The Bertz CT molecular complexity index is 2860. The second kappa shape index (κ2) is 28.4. The van der Waals surface area contributed by atoms with Gasteiger partial charge in [-0.1, -0.05) is 193 Å². The maximum Gasteiger partial charge on any atom is 0.203 e. The standard InChI is InChI=1S/C69H90O17Si/c1-43(2)87(44(3)4,45(5)6)86-66-60(57(54(70)46(7)77-66)73-38-50-30-20-13-21-31-50)81-65-61-58(83-68(9,10)84-61)55(47(8)78-65)79-64-59(74-39-51-32-22-14-23-33-51)56(53(40-75-64)72-37-49-28-18-12-19-29-49)80-67-62-69(42-76-67,41-71-36-48-26-16-11-17-27-48)85-63(82-62)52-34-24-15-25-35-52/h11-35,43-47,53-67,70H,36-42H2,1-10H3/t46-,47-,53-,54+,55+,56?,57?,58?,59?,60?,61?,62?,63+,64+,65+,66+,67+,69+/m1/s1. The summed E-state index contributed by atoms with van der Waals surface area (Å²) in [6, 6.07) is 49.6. The summed E-state index contributed by atoms with van der Waals surface area (Å²) in [5.41, 5.74) is 4.31. The predicted molar refractivity (Wildman–Crippen MR) is 324 cm³/mol. The molecule has 6 aliphatic rings. The molecule has 17 nitrogen and oxygen atoms in total. The Morgan fingerprint density at radius 3 is 1.56 bits per heavy atom. The van der Waals surface area contributed by atoms with Crippen LogP contribution in [0.15, 0.2) is 152 Å². The lowest BCUT2D eigenvalue weighted by molar-refractivity contribution is -0.370. The first kappa shape index (κ1) is 64.2. The topological polar surface area (TPSA) is 168 Å². The molecule has 6 saturated heterocycles. The molecule has 5 aromatic rings. The summed E-state index contributed by atoms with van der Waals surface area (Å²) in [4.78, 5) is 0. The first-order valence-corrected chi connectivity index (χ1v) is 33.3. The van der Waals surface area contributed by atoms with E-state index in [-0.39, 0.29) is 56.3 Å². The highest BCUT2D eigenvalue weighted by Crippen LogP contribution is 2.49. The van der Waals surface area contributed by atoms with E-state index in [9.17, 15) is 5.11 Å². The molecule has 6 fully saturated rings. The number of fused-ring (bicyclic) bond motifs is 2. The SMILES string of the molecule is CC(C)[Si](O[C@@H]1O[C@H](C)[C@H](O)C(OCc2ccccc2)C1O[C@@H]1O[C@H](C)[C@H](O[C@@H]2OC[C@@H](OCc3ccccc3)C(O[C@@H]3OC[C@]4(COCc5ccccc5)O[C@@H](c5ccccc5)OC34)C2OCc2ccccc2)C2OC(C)(C)OC21)(C(C)C)C(C)C. The molecular weight excluding hydrogens is 1130 g/mol. The third-order valence-electron chi connectivity index (χ3n) is 17.9. The molecule has 0 bridgehead atoms. The minimum absolute atomic E-state index is 0.0485. The zero-order chi connectivity index (χ0) is 60.9. The molecule has 0 saturated carbocycles. The zero-order valence-corrected chi connectivity index (χ0v) is 52.9. The molecule has 0 spiro atoms. The fourth-order valence-electron chi connectivity index (χ4n) is 13.6. The van der Waals surface area contributed by atoms with E-state index in [0.717, 1.165) is 27.8 Å². The monoisotopic (exact) mass is 1220 g/mol. The van der Waals surface area contributed by atoms with Gasteiger partial charge in [-0.25, -0.2) is 0 Å². The van der Waals surface area contributed by atoms with Crippen LogP contribution in [0.1, 0.15) is 103 Å². The Kier molecular flexibility index (Phi) is 21.0. The maximum atomic E-state index is 12.1. The molecule has 11 rings (SSSR count). The van der Waals surface area contributed by atoms with Gasteiger partial charge in [-0.2, -0.15) is 0 Å². The Hall–Kier alpha value is -4.36. The van der Waals surface area contributed by atoms with Crippen molar-refractivity contribution in [3.05, 3.63) is 179 Å². The van der Waals surface area contributed by atoms with Gasteiger partial charge in [-0.15, -0.1) is 0 Å². The van der Waals surface area contributed by atoms with Crippen molar-refractivity contribution in [1.82, 2.24) is 0 Å². The number of hydrogen-bond acceptors (Lipinski definition) is 17. The summed E-state index contributed by atoms with van der Waals surface area (Å²) in [5.74, 6) is -1.12. The van der Waals surface area contributed by atoms with Crippen LogP contribution in [0.4, 0.5) is 0 Å². The van der Waals surface area contributed by atoms with E-state index in [0.29, 0.717) is 6.61 Å². The highest BCUT2D eigenvalue weighted by molar-refractivity contribution is 6.77. The van der Waals surface area contributed by atoms with E-state index in [2.05, 4.69) is 41.5 Å². The lowest BCUT2D eigenvalue weighted by Crippen LogP contribution is -2.66. The minimum atomic E-state index is -2.65. The average molecular weight is 1220 g/mol. The van der Waals surface area contributed by atoms with Gasteiger partial charge in [0.2, 0.25) is 8.32 Å². The molecule has 0 amide bonds. The quantitative estimate of drug-likeness (QED) is 0.0547. The third kappa shape index (κ3) is 14.5. The van der Waals surface area contributed by atoms with E-state index in [1.807, 2.05) is 179 Å². The minimum Gasteiger partial charge on any atom is -0.389 e. The number of aliphatic hydroxyl groups is 1. The summed E-state index contributed by atoms with van der Waals surface area (Å²) >= 11 is 0. The van der Waals surface area contributed by atoms with Crippen molar-refractivity contribution in [1.29, 1.82) is 0 Å². The number of benzene rings is 5. The Morgan fingerprint density at radius 1 is 0.494 bits per heavy atom. The van der Waals surface area contributed by atoms with Crippen molar-refractivity contribution in [2.75, 3.05) is 19.8 Å². The molecule has 87 heavy (non-hydrogen) atoms. The lowest BCUT2D eigenvalue weighted by Gasteiger charge is -2.51. The number of rotatable bonds is 25. The average Bonchev–Trinajstić information content (AvgIpc) is 1.81. The first-order chi connectivity index (χ1) is 42.0. The van der Waals surface area contributed by atoms with Crippen LogP contribution in [0.2, 0.25) is 16.6 Å². The smallest absolute Gasteiger partial charge is 0.203 e. The van der Waals surface area contributed by atoms with Gasteiger partial charge < -0.3 is 80.6 Å². The second-order valence-electron chi connectivity index (χ2n) is 25.4. The lowest BCUT2D eigenvalue weighted by atomic mass is 9.97. The maximum absolute atomic E-state index is 12.1. The van der Waals surface area contributed by atoms with Crippen molar-refractivity contribution in [2.24, 2.45) is 0 Å². The van der Waals surface area contributed by atoms with Crippen LogP contribution in [-0.4, -0.2) is 143 Å². The highest BCUT2D eigenvalue weighted by atomic mass is 28.4. The summed E-state index contributed by atoms with van der Waals surface area (Å²) in [7, 11) is -2.65. The fourth-order valence-corrected chi connectivity index (χ4v) is 19.0. The van der Waals surface area contributed by atoms with Crippen molar-refractivity contribution < 1.29 is 80.6 Å². The van der Waals surface area contributed by atoms with Crippen molar-refractivity contribution in [3.8, 4) is 0 Å². The molecule has 18 atom stereocenters. The molecule has 472 valence electrons. The molecule has 18 heteroatoms. The molecule has 5 aromatic carbocycles. The molecule has 6 heterocycles. The summed E-state index contributed by atoms with van der Waals surface area (Å²) < 4.78 is 111.